The van der Waals surface area contributed by atoms with Crippen molar-refractivity contribution in [2.75, 3.05) is 4.90 Å². The predicted molar refractivity (Wildman–Crippen MR) is 95.2 cm³/mol. The van der Waals surface area contributed by atoms with Crippen molar-refractivity contribution in [2.45, 2.75) is 51.6 Å². The molecule has 0 radical (unpaired) electrons. The summed E-state index contributed by atoms with van der Waals surface area (Å²) in [5.41, 5.74) is 2.60. The summed E-state index contributed by atoms with van der Waals surface area (Å²) in [7, 11) is 0. The predicted octanol–water partition coefficient (Wildman–Crippen LogP) is 4.46. The van der Waals surface area contributed by atoms with Gasteiger partial charge in [0.05, 0.1) is 4.92 Å². The van der Waals surface area contributed by atoms with Crippen LogP contribution in [-0.2, 0) is 12.0 Å². The molecule has 126 valence electrons. The minimum Gasteiger partial charge on any atom is -0.347 e. The normalized spacial score (nSPS) is 18.6. The first-order valence-electron chi connectivity index (χ1n) is 8.17. The Bertz CT molecular complexity index is 766. The highest BCUT2D eigenvalue weighted by Crippen LogP contribution is 2.42. The van der Waals surface area contributed by atoms with Gasteiger partial charge < -0.3 is 4.90 Å². The molecular formula is C19H23N3O2. The quantitative estimate of drug-likeness (QED) is 0.604. The molecular weight excluding hydrogens is 302 g/mol. The Morgan fingerprint density at radius 3 is 2.46 bits per heavy atom. The summed E-state index contributed by atoms with van der Waals surface area (Å²) in [6.07, 6.45) is 2.31. The molecule has 0 spiro atoms. The van der Waals surface area contributed by atoms with E-state index in [9.17, 15) is 10.1 Å². The number of benzene rings is 1. The van der Waals surface area contributed by atoms with E-state index in [0.717, 1.165) is 18.8 Å². The molecule has 3 rings (SSSR count). The van der Waals surface area contributed by atoms with Crippen molar-refractivity contribution in [2.24, 2.45) is 0 Å². The number of nitrogens with zero attached hydrogens (tertiary/aromatic N) is 3. The second-order valence-electron chi connectivity index (χ2n) is 7.75. The number of fused-ring (bicyclic) bond motifs is 1. The molecule has 0 atom stereocenters. The zero-order valence-electron chi connectivity index (χ0n) is 14.6. The number of rotatable bonds is 2. The molecule has 1 aliphatic heterocycles. The molecule has 5 heteroatoms. The minimum atomic E-state index is -0.414. The Kier molecular flexibility index (Phi) is 3.82. The van der Waals surface area contributed by atoms with E-state index < -0.39 is 4.92 Å². The van der Waals surface area contributed by atoms with Gasteiger partial charge in [-0.3, -0.25) is 10.1 Å². The van der Waals surface area contributed by atoms with Crippen LogP contribution in [0.1, 0.15) is 45.2 Å². The Morgan fingerprint density at radius 2 is 1.83 bits per heavy atom. The van der Waals surface area contributed by atoms with Crippen LogP contribution in [0.4, 0.5) is 11.5 Å². The third-order valence-electron chi connectivity index (χ3n) is 4.90. The molecule has 2 aromatic rings. The van der Waals surface area contributed by atoms with Gasteiger partial charge in [-0.05, 0) is 42.9 Å². The highest BCUT2D eigenvalue weighted by atomic mass is 16.6. The van der Waals surface area contributed by atoms with E-state index in [1.807, 2.05) is 0 Å². The average Bonchev–Trinajstić information content (AvgIpc) is 2.59. The Balaban J connectivity index is 2.06. The lowest BCUT2D eigenvalue weighted by atomic mass is 9.75. The van der Waals surface area contributed by atoms with Crippen molar-refractivity contribution in [3.8, 4) is 0 Å². The lowest BCUT2D eigenvalue weighted by Gasteiger charge is -2.41. The first kappa shape index (κ1) is 16.4. The van der Waals surface area contributed by atoms with Crippen molar-refractivity contribution in [3.63, 3.8) is 0 Å². The van der Waals surface area contributed by atoms with E-state index in [-0.39, 0.29) is 16.6 Å². The van der Waals surface area contributed by atoms with E-state index in [1.54, 1.807) is 6.07 Å². The minimum absolute atomic E-state index is 0.0205. The number of nitro groups is 1. The van der Waals surface area contributed by atoms with Crippen LogP contribution >= 0.6 is 0 Å². The van der Waals surface area contributed by atoms with E-state index in [0.29, 0.717) is 0 Å². The summed E-state index contributed by atoms with van der Waals surface area (Å²) in [5, 5.41) is 10.9. The fourth-order valence-corrected chi connectivity index (χ4v) is 4.01. The summed E-state index contributed by atoms with van der Waals surface area (Å²) >= 11 is 0. The van der Waals surface area contributed by atoms with Gasteiger partial charge in [0.15, 0.2) is 0 Å². The van der Waals surface area contributed by atoms with Gasteiger partial charge in [0.1, 0.15) is 12.0 Å². The van der Waals surface area contributed by atoms with Gasteiger partial charge in [0, 0.05) is 18.2 Å². The maximum absolute atomic E-state index is 10.9. The van der Waals surface area contributed by atoms with Crippen LogP contribution in [-0.4, -0.2) is 15.4 Å². The van der Waals surface area contributed by atoms with Crippen LogP contribution in [0.2, 0.25) is 0 Å². The number of anilines is 1. The van der Waals surface area contributed by atoms with Gasteiger partial charge in [-0.2, -0.15) is 0 Å². The number of hydrogen-bond acceptors (Lipinski definition) is 4. The summed E-state index contributed by atoms with van der Waals surface area (Å²) < 4.78 is 0. The molecule has 0 fully saturated rings. The molecule has 0 saturated heterocycles. The summed E-state index contributed by atoms with van der Waals surface area (Å²) in [6, 6.07) is 11.8. The fourth-order valence-electron chi connectivity index (χ4n) is 4.01. The molecule has 0 amide bonds. The number of hydrogen-bond donors (Lipinski definition) is 0. The molecule has 1 aromatic carbocycles. The highest BCUT2D eigenvalue weighted by molar-refractivity contribution is 5.49. The van der Waals surface area contributed by atoms with Gasteiger partial charge in [0.25, 0.3) is 5.69 Å². The average molecular weight is 325 g/mol. The Hall–Kier alpha value is -2.43. The van der Waals surface area contributed by atoms with E-state index in [4.69, 9.17) is 0 Å². The molecule has 1 aliphatic rings. The van der Waals surface area contributed by atoms with Crippen LogP contribution in [0.3, 0.4) is 0 Å². The van der Waals surface area contributed by atoms with Gasteiger partial charge in [-0.1, -0.05) is 38.1 Å². The third kappa shape index (κ3) is 2.86. The standard InChI is InChI=1S/C19H23N3O2/c1-18(2)13-19(3,4)21(12-14-7-5-6-8-16(14)18)17-10-9-15(11-20-17)22(23)24/h5-11H,12-13H2,1-4H3. The molecule has 5 nitrogen and oxygen atoms in total. The smallest absolute Gasteiger partial charge is 0.287 e. The van der Waals surface area contributed by atoms with Crippen LogP contribution in [0.5, 0.6) is 0 Å². The summed E-state index contributed by atoms with van der Waals surface area (Å²) in [5.74, 6) is 0.776. The Labute approximate surface area is 142 Å². The lowest BCUT2D eigenvalue weighted by Crippen LogP contribution is -2.45. The van der Waals surface area contributed by atoms with Gasteiger partial charge in [-0.25, -0.2) is 4.98 Å². The zero-order chi connectivity index (χ0) is 17.5. The van der Waals surface area contributed by atoms with Crippen molar-refractivity contribution >= 4 is 11.5 Å². The number of pyridine rings is 1. The summed E-state index contributed by atoms with van der Waals surface area (Å²) in [6.45, 7) is 9.73. The van der Waals surface area contributed by atoms with Gasteiger partial charge in [0.2, 0.25) is 0 Å². The van der Waals surface area contributed by atoms with E-state index in [1.165, 1.54) is 23.4 Å². The maximum Gasteiger partial charge on any atom is 0.287 e. The second-order valence-corrected chi connectivity index (χ2v) is 7.75. The largest absolute Gasteiger partial charge is 0.347 e. The molecule has 2 heterocycles. The van der Waals surface area contributed by atoms with Gasteiger partial charge in [-0.15, -0.1) is 0 Å². The van der Waals surface area contributed by atoms with Crippen molar-refractivity contribution < 1.29 is 4.92 Å². The first-order valence-corrected chi connectivity index (χ1v) is 8.17. The van der Waals surface area contributed by atoms with Crippen LogP contribution < -0.4 is 4.90 Å². The molecule has 0 saturated carbocycles. The van der Waals surface area contributed by atoms with Crippen molar-refractivity contribution in [1.29, 1.82) is 0 Å². The van der Waals surface area contributed by atoms with E-state index >= 15 is 0 Å². The van der Waals surface area contributed by atoms with E-state index in [2.05, 4.69) is 61.8 Å². The number of aromatic nitrogens is 1. The van der Waals surface area contributed by atoms with Crippen molar-refractivity contribution in [1.82, 2.24) is 4.98 Å². The van der Waals surface area contributed by atoms with Crippen LogP contribution in [0, 0.1) is 10.1 Å². The first-order chi connectivity index (χ1) is 11.2. The molecule has 24 heavy (non-hydrogen) atoms. The Morgan fingerprint density at radius 1 is 1.12 bits per heavy atom. The topological polar surface area (TPSA) is 59.3 Å². The third-order valence-corrected chi connectivity index (χ3v) is 4.90. The molecule has 1 aromatic heterocycles. The summed E-state index contributed by atoms with van der Waals surface area (Å²) in [4.78, 5) is 17.1. The molecule has 0 aliphatic carbocycles. The SMILES string of the molecule is CC1(C)CC(C)(C)N(c2ccc([N+](=O)[O-])cn2)Cc2ccccc21. The molecule has 0 bridgehead atoms. The molecule has 0 N–H and O–H groups in total. The lowest BCUT2D eigenvalue weighted by molar-refractivity contribution is -0.385. The van der Waals surface area contributed by atoms with Gasteiger partial charge >= 0.3 is 0 Å². The van der Waals surface area contributed by atoms with Crippen LogP contribution in [0.25, 0.3) is 0 Å². The van der Waals surface area contributed by atoms with Crippen molar-refractivity contribution in [3.05, 3.63) is 63.8 Å². The maximum atomic E-state index is 10.9. The monoisotopic (exact) mass is 325 g/mol. The second kappa shape index (κ2) is 5.58. The highest BCUT2D eigenvalue weighted by Gasteiger charge is 2.39. The fraction of sp³-hybridized carbons (Fsp3) is 0.421. The molecule has 0 unspecified atom stereocenters. The zero-order valence-corrected chi connectivity index (χ0v) is 14.6. The van der Waals surface area contributed by atoms with Crippen LogP contribution in [0.15, 0.2) is 42.6 Å².